The van der Waals surface area contributed by atoms with Gasteiger partial charge in [0, 0.05) is 13.1 Å². The molecule has 10 heteroatoms. The number of tetrazole rings is 1. The van der Waals surface area contributed by atoms with Gasteiger partial charge in [0.05, 0.1) is 6.42 Å². The lowest BCUT2D eigenvalue weighted by atomic mass is 10.3. The molecule has 2 N–H and O–H groups in total. The van der Waals surface area contributed by atoms with Gasteiger partial charge in [0.2, 0.25) is 11.8 Å². The lowest BCUT2D eigenvalue weighted by Crippen LogP contribution is -2.35. The molecule has 10 nitrogen and oxygen atoms in total. The van der Waals surface area contributed by atoms with E-state index in [0.717, 1.165) is 0 Å². The van der Waals surface area contributed by atoms with Gasteiger partial charge in [-0.25, -0.2) is 4.68 Å². The number of likely N-dealkylation sites (N-methyl/N-ethyl adjacent to an activating group) is 1. The molecule has 0 unspecified atom stereocenters. The Bertz CT molecular complexity index is 511. The summed E-state index contributed by atoms with van der Waals surface area (Å²) in [6.07, 6.45) is -0.189. The topological polar surface area (TPSA) is 130 Å². The number of carboxylic acids is 1. The standard InChI is InChI=1S/C11H18N6O4/c1-3-16(4-2)10(19)7-17-8(13-14-15-17)5-9(18)12-6-11(20)21/h3-7H2,1-2H3,(H,12,18)(H,20,21). The first-order valence-electron chi connectivity index (χ1n) is 6.49. The maximum Gasteiger partial charge on any atom is 0.322 e. The Labute approximate surface area is 121 Å². The molecular formula is C11H18N6O4. The number of aliphatic carboxylic acids is 1. The second kappa shape index (κ2) is 7.92. The Morgan fingerprint density at radius 1 is 1.29 bits per heavy atom. The van der Waals surface area contributed by atoms with Crippen LogP contribution < -0.4 is 5.32 Å². The van der Waals surface area contributed by atoms with Gasteiger partial charge in [-0.05, 0) is 24.3 Å². The van der Waals surface area contributed by atoms with E-state index in [1.165, 1.54) is 4.68 Å². The van der Waals surface area contributed by atoms with Gasteiger partial charge >= 0.3 is 5.97 Å². The van der Waals surface area contributed by atoms with E-state index in [0.29, 0.717) is 13.1 Å². The van der Waals surface area contributed by atoms with Gasteiger partial charge in [0.15, 0.2) is 5.82 Å². The van der Waals surface area contributed by atoms with Gasteiger partial charge in [-0.15, -0.1) is 5.10 Å². The maximum atomic E-state index is 12.0. The summed E-state index contributed by atoms with van der Waals surface area (Å²) < 4.78 is 1.24. The Morgan fingerprint density at radius 3 is 2.52 bits per heavy atom. The summed E-state index contributed by atoms with van der Waals surface area (Å²) in [5.41, 5.74) is 0. The van der Waals surface area contributed by atoms with Crippen molar-refractivity contribution in [1.82, 2.24) is 30.4 Å². The quantitative estimate of drug-likeness (QED) is 0.584. The molecule has 0 radical (unpaired) electrons. The maximum absolute atomic E-state index is 12.0. The number of amides is 2. The third-order valence-electron chi connectivity index (χ3n) is 2.76. The molecule has 0 aliphatic carbocycles. The molecule has 0 bridgehead atoms. The SMILES string of the molecule is CCN(CC)C(=O)Cn1nnnc1CC(=O)NCC(=O)O. The number of aromatic nitrogens is 4. The van der Waals surface area contributed by atoms with Gasteiger partial charge in [-0.1, -0.05) is 0 Å². The Balaban J connectivity index is 2.63. The molecule has 1 heterocycles. The van der Waals surface area contributed by atoms with Gasteiger partial charge in [-0.2, -0.15) is 0 Å². The lowest BCUT2D eigenvalue weighted by Gasteiger charge is -2.18. The third-order valence-corrected chi connectivity index (χ3v) is 2.76. The fraction of sp³-hybridized carbons (Fsp3) is 0.636. The van der Waals surface area contributed by atoms with Crippen LogP contribution in [-0.4, -0.2) is 67.6 Å². The number of rotatable bonds is 8. The highest BCUT2D eigenvalue weighted by Crippen LogP contribution is 1.98. The number of carbonyl (C=O) groups is 3. The van der Waals surface area contributed by atoms with Crippen LogP contribution in [0.2, 0.25) is 0 Å². The molecular weight excluding hydrogens is 280 g/mol. The first-order chi connectivity index (χ1) is 9.97. The van der Waals surface area contributed by atoms with Crippen molar-refractivity contribution in [2.45, 2.75) is 26.8 Å². The zero-order valence-electron chi connectivity index (χ0n) is 11.9. The molecule has 1 aromatic heterocycles. The van der Waals surface area contributed by atoms with Gasteiger partial charge in [0.25, 0.3) is 0 Å². The summed E-state index contributed by atoms with van der Waals surface area (Å²) in [6.45, 7) is 4.34. The van der Waals surface area contributed by atoms with E-state index in [4.69, 9.17) is 5.11 Å². The van der Waals surface area contributed by atoms with Crippen molar-refractivity contribution in [3.8, 4) is 0 Å². The van der Waals surface area contributed by atoms with Crippen molar-refractivity contribution in [2.24, 2.45) is 0 Å². The van der Waals surface area contributed by atoms with Crippen LogP contribution in [-0.2, 0) is 27.3 Å². The van der Waals surface area contributed by atoms with E-state index in [1.54, 1.807) is 4.90 Å². The van der Waals surface area contributed by atoms with E-state index in [2.05, 4.69) is 20.8 Å². The molecule has 0 saturated carbocycles. The molecule has 2 amide bonds. The molecule has 1 rings (SSSR count). The Kier molecular flexibility index (Phi) is 6.24. The van der Waals surface area contributed by atoms with Crippen molar-refractivity contribution in [3.63, 3.8) is 0 Å². The molecule has 0 aliphatic rings. The minimum atomic E-state index is -1.14. The first kappa shape index (κ1) is 16.5. The van der Waals surface area contributed by atoms with Crippen LogP contribution in [0.3, 0.4) is 0 Å². The fourth-order valence-corrected chi connectivity index (χ4v) is 1.66. The molecule has 0 saturated heterocycles. The normalized spacial score (nSPS) is 10.2. The molecule has 116 valence electrons. The molecule has 0 spiro atoms. The summed E-state index contributed by atoms with van der Waals surface area (Å²) in [4.78, 5) is 35.4. The Morgan fingerprint density at radius 2 is 1.95 bits per heavy atom. The number of hydrogen-bond acceptors (Lipinski definition) is 6. The van der Waals surface area contributed by atoms with Crippen molar-refractivity contribution >= 4 is 17.8 Å². The van der Waals surface area contributed by atoms with Crippen molar-refractivity contribution in [3.05, 3.63) is 5.82 Å². The molecule has 0 aromatic carbocycles. The van der Waals surface area contributed by atoms with Crippen LogP contribution in [0.4, 0.5) is 0 Å². The average molecular weight is 298 g/mol. The zero-order valence-corrected chi connectivity index (χ0v) is 11.9. The largest absolute Gasteiger partial charge is 0.480 e. The van der Waals surface area contributed by atoms with Crippen molar-refractivity contribution in [1.29, 1.82) is 0 Å². The smallest absolute Gasteiger partial charge is 0.322 e. The highest BCUT2D eigenvalue weighted by Gasteiger charge is 2.16. The van der Waals surface area contributed by atoms with Crippen molar-refractivity contribution in [2.75, 3.05) is 19.6 Å². The highest BCUT2D eigenvalue weighted by atomic mass is 16.4. The van der Waals surface area contributed by atoms with Crippen LogP contribution in [0, 0.1) is 0 Å². The second-order valence-corrected chi connectivity index (χ2v) is 4.17. The number of carboxylic acid groups (broad SMARTS) is 1. The van der Waals surface area contributed by atoms with Gasteiger partial charge in [0.1, 0.15) is 13.1 Å². The third kappa shape index (κ3) is 5.16. The van der Waals surface area contributed by atoms with Crippen LogP contribution in [0.25, 0.3) is 0 Å². The molecule has 1 aromatic rings. The van der Waals surface area contributed by atoms with Crippen molar-refractivity contribution < 1.29 is 19.5 Å². The van der Waals surface area contributed by atoms with Gasteiger partial charge in [-0.3, -0.25) is 14.4 Å². The summed E-state index contributed by atoms with van der Waals surface area (Å²) in [5, 5.41) is 21.4. The molecule has 0 aliphatic heterocycles. The minimum absolute atomic E-state index is 0.0593. The molecule has 0 fully saturated rings. The predicted molar refractivity (Wildman–Crippen MR) is 70.1 cm³/mol. The number of hydrogen-bond donors (Lipinski definition) is 2. The average Bonchev–Trinajstić information content (AvgIpc) is 2.85. The van der Waals surface area contributed by atoms with Crippen LogP contribution >= 0.6 is 0 Å². The summed E-state index contributed by atoms with van der Waals surface area (Å²) in [7, 11) is 0. The predicted octanol–water partition coefficient (Wildman–Crippen LogP) is -1.72. The van der Waals surface area contributed by atoms with E-state index in [-0.39, 0.29) is 24.7 Å². The fourth-order valence-electron chi connectivity index (χ4n) is 1.66. The monoisotopic (exact) mass is 298 g/mol. The molecule has 21 heavy (non-hydrogen) atoms. The van der Waals surface area contributed by atoms with E-state index < -0.39 is 18.4 Å². The van der Waals surface area contributed by atoms with Gasteiger partial charge < -0.3 is 15.3 Å². The number of carbonyl (C=O) groups excluding carboxylic acids is 2. The van der Waals surface area contributed by atoms with E-state index in [9.17, 15) is 14.4 Å². The second-order valence-electron chi connectivity index (χ2n) is 4.17. The number of nitrogens with zero attached hydrogens (tertiary/aromatic N) is 5. The zero-order chi connectivity index (χ0) is 15.8. The highest BCUT2D eigenvalue weighted by molar-refractivity contribution is 5.82. The van der Waals surface area contributed by atoms with E-state index >= 15 is 0 Å². The first-order valence-corrected chi connectivity index (χ1v) is 6.49. The molecule has 0 atom stereocenters. The van der Waals surface area contributed by atoms with Crippen LogP contribution in [0.15, 0.2) is 0 Å². The van der Waals surface area contributed by atoms with Crippen LogP contribution in [0.5, 0.6) is 0 Å². The van der Waals surface area contributed by atoms with E-state index in [1.807, 2.05) is 13.8 Å². The van der Waals surface area contributed by atoms with Crippen LogP contribution in [0.1, 0.15) is 19.7 Å². The minimum Gasteiger partial charge on any atom is -0.480 e. The summed E-state index contributed by atoms with van der Waals surface area (Å²) >= 11 is 0. The summed E-state index contributed by atoms with van der Waals surface area (Å²) in [6, 6.07) is 0. The number of nitrogens with one attached hydrogen (secondary N) is 1. The Hall–Kier alpha value is -2.52. The summed E-state index contributed by atoms with van der Waals surface area (Å²) in [5.74, 6) is -1.61. The lowest BCUT2D eigenvalue weighted by molar-refractivity contribution is -0.137.